The Balaban J connectivity index is 2.00. The van der Waals surface area contributed by atoms with Crippen molar-refractivity contribution in [1.29, 1.82) is 0 Å². The number of halogens is 1. The maximum absolute atomic E-state index is 12.1. The Morgan fingerprint density at radius 2 is 1.86 bits per heavy atom. The van der Waals surface area contributed by atoms with Gasteiger partial charge in [-0.1, -0.05) is 35.0 Å². The minimum Gasteiger partial charge on any atom is -0.332 e. The third-order valence-corrected chi connectivity index (χ3v) is 3.99. The van der Waals surface area contributed by atoms with E-state index in [2.05, 4.69) is 33.5 Å². The van der Waals surface area contributed by atoms with Gasteiger partial charge in [-0.15, -0.1) is 0 Å². The molecule has 3 nitrogen and oxygen atoms in total. The molecule has 0 spiro atoms. The van der Waals surface area contributed by atoms with Crippen LogP contribution in [0.2, 0.25) is 0 Å². The van der Waals surface area contributed by atoms with Crippen molar-refractivity contribution in [3.8, 4) is 0 Å². The van der Waals surface area contributed by atoms with Gasteiger partial charge in [0.25, 0.3) is 5.91 Å². The molecule has 2 aromatic rings. The third kappa shape index (κ3) is 4.39. The number of anilines is 1. The highest BCUT2D eigenvalue weighted by atomic mass is 79.9. The number of benzene rings is 2. The average molecular weight is 377 g/mol. The van der Waals surface area contributed by atoms with Gasteiger partial charge >= 0.3 is 0 Å². The number of hydrogen-bond donors (Lipinski definition) is 2. The van der Waals surface area contributed by atoms with Crippen LogP contribution in [0.25, 0.3) is 0 Å². The van der Waals surface area contributed by atoms with Gasteiger partial charge in [0.15, 0.2) is 5.11 Å². The van der Waals surface area contributed by atoms with Gasteiger partial charge in [-0.2, -0.15) is 0 Å². The first-order chi connectivity index (χ1) is 10.5. The molecule has 0 aliphatic heterocycles. The van der Waals surface area contributed by atoms with Crippen LogP contribution in [0.15, 0.2) is 46.9 Å². The van der Waals surface area contributed by atoms with Crippen LogP contribution in [-0.4, -0.2) is 11.0 Å². The minimum atomic E-state index is -0.213. The highest BCUT2D eigenvalue weighted by Gasteiger charge is 2.08. The number of aryl methyl sites for hydroxylation is 2. The van der Waals surface area contributed by atoms with Gasteiger partial charge in [0, 0.05) is 15.7 Å². The molecule has 0 radical (unpaired) electrons. The van der Waals surface area contributed by atoms with E-state index in [1.165, 1.54) is 5.56 Å². The Bertz CT molecular complexity index is 698. The molecule has 5 heteroatoms. The summed E-state index contributed by atoms with van der Waals surface area (Å²) in [5.41, 5.74) is 3.70. The van der Waals surface area contributed by atoms with E-state index in [1.807, 2.05) is 49.4 Å². The van der Waals surface area contributed by atoms with Gasteiger partial charge in [0.1, 0.15) is 0 Å². The summed E-state index contributed by atoms with van der Waals surface area (Å²) >= 11 is 8.61. The third-order valence-electron chi connectivity index (χ3n) is 3.29. The summed E-state index contributed by atoms with van der Waals surface area (Å²) in [7, 11) is 0. The lowest BCUT2D eigenvalue weighted by molar-refractivity contribution is 0.0977. The number of carbonyl (C=O) groups is 1. The minimum absolute atomic E-state index is 0.213. The maximum Gasteiger partial charge on any atom is 0.257 e. The van der Waals surface area contributed by atoms with Crippen LogP contribution in [0, 0.1) is 6.92 Å². The highest BCUT2D eigenvalue weighted by molar-refractivity contribution is 9.10. The second kappa shape index (κ2) is 7.51. The smallest absolute Gasteiger partial charge is 0.257 e. The summed E-state index contributed by atoms with van der Waals surface area (Å²) in [6.07, 6.45) is 0.949. The van der Waals surface area contributed by atoms with Crippen molar-refractivity contribution in [2.75, 3.05) is 5.32 Å². The van der Waals surface area contributed by atoms with Gasteiger partial charge in [0.2, 0.25) is 0 Å². The van der Waals surface area contributed by atoms with E-state index in [4.69, 9.17) is 12.2 Å². The fourth-order valence-electron chi connectivity index (χ4n) is 1.99. The Labute approximate surface area is 144 Å². The fourth-order valence-corrected chi connectivity index (χ4v) is 2.67. The molecule has 0 saturated carbocycles. The first kappa shape index (κ1) is 16.6. The molecule has 0 bridgehead atoms. The summed E-state index contributed by atoms with van der Waals surface area (Å²) in [5.74, 6) is -0.213. The van der Waals surface area contributed by atoms with Crippen LogP contribution in [0.5, 0.6) is 0 Å². The van der Waals surface area contributed by atoms with E-state index in [1.54, 1.807) is 0 Å². The van der Waals surface area contributed by atoms with E-state index in [0.29, 0.717) is 5.56 Å². The lowest BCUT2D eigenvalue weighted by Crippen LogP contribution is -2.34. The van der Waals surface area contributed by atoms with Gasteiger partial charge in [-0.05, 0) is 67.0 Å². The molecule has 0 aliphatic carbocycles. The molecule has 0 aliphatic rings. The van der Waals surface area contributed by atoms with Crippen molar-refractivity contribution in [3.63, 3.8) is 0 Å². The van der Waals surface area contributed by atoms with Crippen LogP contribution < -0.4 is 10.6 Å². The summed E-state index contributed by atoms with van der Waals surface area (Å²) in [4.78, 5) is 12.1. The van der Waals surface area contributed by atoms with E-state index in [-0.39, 0.29) is 11.0 Å². The summed E-state index contributed by atoms with van der Waals surface area (Å²) < 4.78 is 1.00. The van der Waals surface area contributed by atoms with Crippen LogP contribution in [-0.2, 0) is 6.42 Å². The van der Waals surface area contributed by atoms with Gasteiger partial charge in [-0.3, -0.25) is 10.1 Å². The van der Waals surface area contributed by atoms with Gasteiger partial charge in [0.05, 0.1) is 0 Å². The Morgan fingerprint density at radius 1 is 1.18 bits per heavy atom. The van der Waals surface area contributed by atoms with Crippen LogP contribution >= 0.6 is 28.1 Å². The van der Waals surface area contributed by atoms with Crippen molar-refractivity contribution in [2.24, 2.45) is 0 Å². The van der Waals surface area contributed by atoms with Crippen LogP contribution in [0.1, 0.15) is 28.4 Å². The number of hydrogen-bond acceptors (Lipinski definition) is 2. The predicted molar refractivity (Wildman–Crippen MR) is 98.4 cm³/mol. The van der Waals surface area contributed by atoms with Crippen molar-refractivity contribution >= 4 is 44.9 Å². The number of carbonyl (C=O) groups excluding carboxylic acids is 1. The largest absolute Gasteiger partial charge is 0.332 e. The molecule has 0 unspecified atom stereocenters. The van der Waals surface area contributed by atoms with Crippen molar-refractivity contribution in [2.45, 2.75) is 20.3 Å². The summed E-state index contributed by atoms with van der Waals surface area (Å²) in [6.45, 7) is 4.05. The van der Waals surface area contributed by atoms with Crippen molar-refractivity contribution < 1.29 is 4.79 Å². The average Bonchev–Trinajstić information content (AvgIpc) is 2.50. The first-order valence-corrected chi connectivity index (χ1v) is 8.17. The van der Waals surface area contributed by atoms with Gasteiger partial charge in [-0.25, -0.2) is 0 Å². The Kier molecular flexibility index (Phi) is 5.69. The lowest BCUT2D eigenvalue weighted by atomic mass is 10.1. The molecular weight excluding hydrogens is 360 g/mol. The topological polar surface area (TPSA) is 41.1 Å². The molecule has 2 aromatic carbocycles. The van der Waals surface area contributed by atoms with E-state index >= 15 is 0 Å². The normalized spacial score (nSPS) is 10.1. The molecule has 1 amide bonds. The van der Waals surface area contributed by atoms with E-state index < -0.39 is 0 Å². The number of amides is 1. The van der Waals surface area contributed by atoms with Crippen molar-refractivity contribution in [3.05, 3.63) is 63.6 Å². The number of thiocarbonyl (C=S) groups is 1. The maximum atomic E-state index is 12.1. The van der Waals surface area contributed by atoms with E-state index in [9.17, 15) is 4.79 Å². The predicted octanol–water partition coefficient (Wildman–Crippen LogP) is 4.45. The highest BCUT2D eigenvalue weighted by Crippen LogP contribution is 2.19. The first-order valence-electron chi connectivity index (χ1n) is 6.97. The Morgan fingerprint density at radius 3 is 2.45 bits per heavy atom. The Hall–Kier alpha value is -1.72. The summed E-state index contributed by atoms with van der Waals surface area (Å²) in [6, 6.07) is 13.3. The zero-order valence-electron chi connectivity index (χ0n) is 12.4. The molecular formula is C17H17BrN2OS. The molecule has 0 atom stereocenters. The zero-order valence-corrected chi connectivity index (χ0v) is 14.8. The van der Waals surface area contributed by atoms with E-state index in [0.717, 1.165) is 22.1 Å². The molecule has 114 valence electrons. The quantitative estimate of drug-likeness (QED) is 0.777. The van der Waals surface area contributed by atoms with Crippen molar-refractivity contribution in [1.82, 2.24) is 5.32 Å². The molecule has 0 aromatic heterocycles. The summed E-state index contributed by atoms with van der Waals surface area (Å²) in [5, 5.41) is 6.02. The standard InChI is InChI=1S/C17H17BrN2OS/c1-3-12-4-6-13(7-5-12)16(21)20-17(22)19-15-9-8-14(18)10-11(15)2/h4-10H,3H2,1-2H3,(H2,19,20,21,22). The second-order valence-electron chi connectivity index (χ2n) is 4.92. The SMILES string of the molecule is CCc1ccc(C(=O)NC(=S)Nc2ccc(Br)cc2C)cc1. The molecule has 2 N–H and O–H groups in total. The number of nitrogens with one attached hydrogen (secondary N) is 2. The molecule has 0 fully saturated rings. The molecule has 0 saturated heterocycles. The fraction of sp³-hybridized carbons (Fsp3) is 0.176. The van der Waals surface area contributed by atoms with Crippen LogP contribution in [0.3, 0.4) is 0 Å². The molecule has 2 rings (SSSR count). The lowest BCUT2D eigenvalue weighted by Gasteiger charge is -2.12. The van der Waals surface area contributed by atoms with Crippen LogP contribution in [0.4, 0.5) is 5.69 Å². The number of rotatable bonds is 3. The molecule has 0 heterocycles. The monoisotopic (exact) mass is 376 g/mol. The molecule has 22 heavy (non-hydrogen) atoms. The zero-order chi connectivity index (χ0) is 16.1. The second-order valence-corrected chi connectivity index (χ2v) is 6.24. The van der Waals surface area contributed by atoms with Gasteiger partial charge < -0.3 is 5.32 Å².